The summed E-state index contributed by atoms with van der Waals surface area (Å²) in [5.41, 5.74) is 2.68. The lowest BCUT2D eigenvalue weighted by atomic mass is 9.97. The number of nitrogens with zero attached hydrogens (tertiary/aromatic N) is 5. The van der Waals surface area contributed by atoms with Crippen LogP contribution in [0.15, 0.2) is 46.6 Å². The van der Waals surface area contributed by atoms with Crippen molar-refractivity contribution in [2.45, 2.75) is 38.6 Å². The molecule has 3 aromatic heterocycles. The van der Waals surface area contributed by atoms with Crippen molar-refractivity contribution in [3.8, 4) is 0 Å². The fourth-order valence-corrected chi connectivity index (χ4v) is 4.85. The van der Waals surface area contributed by atoms with Crippen LogP contribution >= 0.6 is 11.3 Å². The molecule has 0 radical (unpaired) electrons. The van der Waals surface area contributed by atoms with Crippen LogP contribution in [-0.2, 0) is 17.8 Å². The van der Waals surface area contributed by atoms with Gasteiger partial charge in [-0.2, -0.15) is 0 Å². The van der Waals surface area contributed by atoms with Crippen LogP contribution in [0.4, 0.5) is 0 Å². The molecule has 1 aliphatic heterocycles. The van der Waals surface area contributed by atoms with Crippen molar-refractivity contribution < 1.29 is 4.79 Å². The Hall–Kier alpha value is -3.33. The lowest BCUT2D eigenvalue weighted by Crippen LogP contribution is -2.40. The third-order valence-corrected chi connectivity index (χ3v) is 6.79. The number of hydrogen-bond donors (Lipinski definition) is 1. The van der Waals surface area contributed by atoms with E-state index in [-0.39, 0.29) is 22.9 Å². The number of benzene rings is 1. The maximum Gasteiger partial charge on any atom is 0.281 e. The van der Waals surface area contributed by atoms with Gasteiger partial charge in [0.15, 0.2) is 11.2 Å². The maximum absolute atomic E-state index is 12.8. The Balaban J connectivity index is 1.39. The van der Waals surface area contributed by atoms with Crippen molar-refractivity contribution in [1.82, 2.24) is 29.9 Å². The number of amides is 1. The van der Waals surface area contributed by atoms with E-state index in [4.69, 9.17) is 4.98 Å². The fraction of sp³-hybridized carbons (Fsp3) is 0.348. The molecule has 4 aromatic rings. The number of carbonyl (C=O) groups is 1. The molecule has 1 aliphatic rings. The van der Waals surface area contributed by atoms with Crippen LogP contribution in [-0.4, -0.2) is 48.9 Å². The van der Waals surface area contributed by atoms with Crippen LogP contribution in [0.2, 0.25) is 0 Å². The minimum absolute atomic E-state index is 0.0177. The molecule has 1 N–H and O–H groups in total. The van der Waals surface area contributed by atoms with Gasteiger partial charge in [0.05, 0.1) is 13.0 Å². The van der Waals surface area contributed by atoms with Crippen LogP contribution in [0.1, 0.15) is 40.6 Å². The molecule has 5 rings (SSSR count). The second kappa shape index (κ2) is 8.66. The Labute approximate surface area is 188 Å². The lowest BCUT2D eigenvalue weighted by molar-refractivity contribution is -0.131. The van der Waals surface area contributed by atoms with E-state index < -0.39 is 0 Å². The Bertz CT molecular complexity index is 1290. The first-order valence-corrected chi connectivity index (χ1v) is 11.6. The maximum atomic E-state index is 12.8. The molecular weight excluding hydrogens is 424 g/mol. The minimum Gasteiger partial charge on any atom is -0.342 e. The first kappa shape index (κ1) is 20.6. The highest BCUT2D eigenvalue weighted by molar-refractivity contribution is 7.10. The number of thiophene rings is 1. The van der Waals surface area contributed by atoms with Gasteiger partial charge in [-0.1, -0.05) is 41.1 Å². The van der Waals surface area contributed by atoms with E-state index in [1.165, 1.54) is 5.56 Å². The van der Waals surface area contributed by atoms with Crippen molar-refractivity contribution in [2.24, 2.45) is 0 Å². The van der Waals surface area contributed by atoms with Gasteiger partial charge in [-0.05, 0) is 36.8 Å². The van der Waals surface area contributed by atoms with E-state index in [0.29, 0.717) is 31.0 Å². The van der Waals surface area contributed by atoms with Crippen molar-refractivity contribution in [1.29, 1.82) is 0 Å². The molecule has 1 aromatic carbocycles. The zero-order chi connectivity index (χ0) is 22.1. The van der Waals surface area contributed by atoms with E-state index >= 15 is 0 Å². The van der Waals surface area contributed by atoms with E-state index in [1.807, 2.05) is 53.6 Å². The summed E-state index contributed by atoms with van der Waals surface area (Å²) in [5.74, 6) is 0.700. The fourth-order valence-electron chi connectivity index (χ4n) is 4.15. The number of likely N-dealkylation sites (tertiary alicyclic amines) is 1. The molecule has 8 nitrogen and oxygen atoms in total. The summed E-state index contributed by atoms with van der Waals surface area (Å²) in [4.78, 5) is 36.1. The van der Waals surface area contributed by atoms with Gasteiger partial charge >= 0.3 is 0 Å². The van der Waals surface area contributed by atoms with Crippen molar-refractivity contribution >= 4 is 28.4 Å². The largest absolute Gasteiger partial charge is 0.342 e. The predicted molar refractivity (Wildman–Crippen MR) is 123 cm³/mol. The number of carbonyl (C=O) groups excluding carboxylic acids is 1. The summed E-state index contributed by atoms with van der Waals surface area (Å²) < 4.78 is 1.67. The number of hydrogen-bond acceptors (Lipinski definition) is 6. The Kier molecular flexibility index (Phi) is 5.57. The SMILES string of the molecule is Cc1ccc(Cn2nnc3c(=O)[nH]c([C@@H]4CCCN(C(=O)Cc5cccs5)C4)nc32)cc1. The molecule has 32 heavy (non-hydrogen) atoms. The molecule has 0 spiro atoms. The second-order valence-electron chi connectivity index (χ2n) is 8.29. The average molecular weight is 449 g/mol. The molecule has 1 fully saturated rings. The molecule has 1 saturated heterocycles. The zero-order valence-corrected chi connectivity index (χ0v) is 18.6. The van der Waals surface area contributed by atoms with Gasteiger partial charge < -0.3 is 9.88 Å². The highest BCUT2D eigenvalue weighted by Crippen LogP contribution is 2.25. The van der Waals surface area contributed by atoms with Gasteiger partial charge in [-0.25, -0.2) is 9.67 Å². The monoisotopic (exact) mass is 448 g/mol. The molecule has 0 bridgehead atoms. The van der Waals surface area contributed by atoms with Crippen molar-refractivity contribution in [2.75, 3.05) is 13.1 Å². The third-order valence-electron chi connectivity index (χ3n) is 5.91. The van der Waals surface area contributed by atoms with Crippen LogP contribution < -0.4 is 5.56 Å². The van der Waals surface area contributed by atoms with Crippen LogP contribution in [0.5, 0.6) is 0 Å². The first-order valence-electron chi connectivity index (χ1n) is 10.8. The van der Waals surface area contributed by atoms with Crippen LogP contribution in [0, 0.1) is 6.92 Å². The van der Waals surface area contributed by atoms with E-state index in [1.54, 1.807) is 16.0 Å². The van der Waals surface area contributed by atoms with Gasteiger partial charge in [0.25, 0.3) is 5.56 Å². The summed E-state index contributed by atoms with van der Waals surface area (Å²) in [5, 5.41) is 10.2. The molecule has 164 valence electrons. The van der Waals surface area contributed by atoms with Gasteiger partial charge in [0.2, 0.25) is 5.91 Å². The van der Waals surface area contributed by atoms with Crippen molar-refractivity contribution in [3.63, 3.8) is 0 Å². The molecule has 0 unspecified atom stereocenters. The molecule has 4 heterocycles. The molecule has 0 aliphatic carbocycles. The number of H-pyrrole nitrogens is 1. The van der Waals surface area contributed by atoms with Crippen molar-refractivity contribution in [3.05, 3.63) is 74.0 Å². The number of piperidine rings is 1. The molecule has 1 amide bonds. The summed E-state index contributed by atoms with van der Waals surface area (Å²) >= 11 is 1.60. The second-order valence-corrected chi connectivity index (χ2v) is 9.32. The summed E-state index contributed by atoms with van der Waals surface area (Å²) in [6, 6.07) is 12.1. The van der Waals surface area contributed by atoms with Gasteiger partial charge in [0.1, 0.15) is 5.82 Å². The number of fused-ring (bicyclic) bond motifs is 1. The van der Waals surface area contributed by atoms with Crippen LogP contribution in [0.25, 0.3) is 11.2 Å². The van der Waals surface area contributed by atoms with E-state index in [2.05, 4.69) is 15.3 Å². The van der Waals surface area contributed by atoms with Gasteiger partial charge in [-0.3, -0.25) is 9.59 Å². The summed E-state index contributed by atoms with van der Waals surface area (Å²) in [6.07, 6.45) is 2.17. The number of rotatable bonds is 5. The Morgan fingerprint density at radius 3 is 2.88 bits per heavy atom. The van der Waals surface area contributed by atoms with E-state index in [9.17, 15) is 9.59 Å². The first-order chi connectivity index (χ1) is 15.6. The third kappa shape index (κ3) is 4.20. The highest BCUT2D eigenvalue weighted by atomic mass is 32.1. The number of aryl methyl sites for hydroxylation is 1. The summed E-state index contributed by atoms with van der Waals surface area (Å²) in [6.45, 7) is 3.82. The predicted octanol–water partition coefficient (Wildman–Crippen LogP) is 2.88. The molecular formula is C23H24N6O2S. The zero-order valence-electron chi connectivity index (χ0n) is 17.8. The molecule has 0 saturated carbocycles. The average Bonchev–Trinajstić information content (AvgIpc) is 3.46. The summed E-state index contributed by atoms with van der Waals surface area (Å²) in [7, 11) is 0. The van der Waals surface area contributed by atoms with Gasteiger partial charge in [0, 0.05) is 23.9 Å². The standard InChI is InChI=1S/C23H24N6O2S/c1-15-6-8-16(9-7-15)13-29-22-20(26-27-29)23(31)25-21(24-22)17-4-2-10-28(14-17)19(30)12-18-5-3-11-32-18/h3,5-9,11,17H,2,4,10,12-14H2,1H3,(H,24,25,31)/t17-/m1/s1. The molecule has 1 atom stereocenters. The smallest absolute Gasteiger partial charge is 0.281 e. The topological polar surface area (TPSA) is 96.8 Å². The normalized spacial score (nSPS) is 16.5. The number of nitrogens with one attached hydrogen (secondary N) is 1. The quantitative estimate of drug-likeness (QED) is 0.506. The Morgan fingerprint density at radius 1 is 1.25 bits per heavy atom. The minimum atomic E-state index is -0.290. The van der Waals surface area contributed by atoms with E-state index in [0.717, 1.165) is 29.8 Å². The molecule has 9 heteroatoms. The van der Waals surface area contributed by atoms with Crippen LogP contribution in [0.3, 0.4) is 0 Å². The highest BCUT2D eigenvalue weighted by Gasteiger charge is 2.27. The Morgan fingerprint density at radius 2 is 2.09 bits per heavy atom. The van der Waals surface area contributed by atoms with Gasteiger partial charge in [-0.15, -0.1) is 16.4 Å². The lowest BCUT2D eigenvalue weighted by Gasteiger charge is -2.32. The number of aromatic nitrogens is 5. The number of aromatic amines is 1.